The molecular formula is C14H20ClN3O5S. The van der Waals surface area contributed by atoms with Gasteiger partial charge in [0, 0.05) is 5.38 Å². The molecule has 1 aromatic heterocycles. The van der Waals surface area contributed by atoms with Gasteiger partial charge in [-0.3, -0.25) is 4.79 Å². The minimum Gasteiger partial charge on any atom is -0.464 e. The highest BCUT2D eigenvalue weighted by molar-refractivity contribution is 7.14. The van der Waals surface area contributed by atoms with Crippen molar-refractivity contribution in [1.82, 2.24) is 10.3 Å². The second-order valence-electron chi connectivity index (χ2n) is 5.59. The van der Waals surface area contributed by atoms with Crippen LogP contribution < -0.4 is 10.6 Å². The van der Waals surface area contributed by atoms with Crippen LogP contribution >= 0.6 is 22.9 Å². The lowest BCUT2D eigenvalue weighted by Gasteiger charge is -2.22. The summed E-state index contributed by atoms with van der Waals surface area (Å²) in [5.74, 6) is -1.32. The third-order valence-electron chi connectivity index (χ3n) is 2.37. The van der Waals surface area contributed by atoms with E-state index in [-0.39, 0.29) is 23.3 Å². The number of amides is 2. The smallest absolute Gasteiger partial charge is 0.408 e. The fraction of sp³-hybridized carbons (Fsp3) is 0.571. The molecule has 2 N–H and O–H groups in total. The van der Waals surface area contributed by atoms with Gasteiger partial charge in [0.05, 0.1) is 12.3 Å². The van der Waals surface area contributed by atoms with Gasteiger partial charge in [0.2, 0.25) is 5.91 Å². The first-order valence-corrected chi connectivity index (χ1v) is 8.55. The van der Waals surface area contributed by atoms with Gasteiger partial charge < -0.3 is 20.1 Å². The van der Waals surface area contributed by atoms with Gasteiger partial charge in [-0.15, -0.1) is 22.9 Å². The number of hydrogen-bond acceptors (Lipinski definition) is 7. The van der Waals surface area contributed by atoms with Crippen molar-refractivity contribution in [3.05, 3.63) is 11.1 Å². The lowest BCUT2D eigenvalue weighted by molar-refractivity contribution is -0.146. The Hall–Kier alpha value is -1.87. The van der Waals surface area contributed by atoms with E-state index in [1.54, 1.807) is 27.7 Å². The summed E-state index contributed by atoms with van der Waals surface area (Å²) in [5.41, 5.74) is -0.487. The number of nitrogens with zero attached hydrogens (tertiary/aromatic N) is 1. The molecule has 134 valence electrons. The average Bonchev–Trinajstić information content (AvgIpc) is 2.91. The molecule has 0 bridgehead atoms. The van der Waals surface area contributed by atoms with E-state index < -0.39 is 29.6 Å². The zero-order valence-electron chi connectivity index (χ0n) is 13.8. The molecule has 0 aliphatic carbocycles. The van der Waals surface area contributed by atoms with Crippen LogP contribution in [0.1, 0.15) is 39.4 Å². The van der Waals surface area contributed by atoms with Crippen molar-refractivity contribution < 1.29 is 23.9 Å². The number of alkyl halides is 1. The van der Waals surface area contributed by atoms with Gasteiger partial charge in [0.1, 0.15) is 11.5 Å². The van der Waals surface area contributed by atoms with E-state index in [9.17, 15) is 14.4 Å². The number of carbonyl (C=O) groups excluding carboxylic acids is 3. The number of halogens is 1. The first kappa shape index (κ1) is 20.2. The van der Waals surface area contributed by atoms with Gasteiger partial charge in [-0.05, 0) is 27.7 Å². The molecule has 1 aromatic rings. The van der Waals surface area contributed by atoms with Crippen LogP contribution in [0.4, 0.5) is 9.93 Å². The third-order valence-corrected chi connectivity index (χ3v) is 3.39. The van der Waals surface area contributed by atoms with E-state index in [2.05, 4.69) is 15.6 Å². The van der Waals surface area contributed by atoms with E-state index >= 15 is 0 Å². The maximum Gasteiger partial charge on any atom is 0.408 e. The second-order valence-corrected chi connectivity index (χ2v) is 6.72. The van der Waals surface area contributed by atoms with Crippen molar-refractivity contribution in [2.75, 3.05) is 17.8 Å². The summed E-state index contributed by atoms with van der Waals surface area (Å²) < 4.78 is 10.1. The summed E-state index contributed by atoms with van der Waals surface area (Å²) in [6.45, 7) is 6.90. The van der Waals surface area contributed by atoms with Crippen molar-refractivity contribution in [2.45, 2.75) is 39.3 Å². The van der Waals surface area contributed by atoms with Crippen LogP contribution in [-0.4, -0.2) is 41.0 Å². The predicted molar refractivity (Wildman–Crippen MR) is 90.2 cm³/mol. The molecule has 0 fully saturated rings. The number of aromatic nitrogens is 1. The van der Waals surface area contributed by atoms with Crippen molar-refractivity contribution in [2.24, 2.45) is 0 Å². The SMILES string of the molecule is CCOC(=O)C(NC(=O)OC(C)(C)C)c1csc(NC(=O)CCl)n1. The summed E-state index contributed by atoms with van der Waals surface area (Å²) in [7, 11) is 0. The standard InChI is InChI=1S/C14H20ClN3O5S/c1-5-22-11(20)10(18-13(21)23-14(2,3)4)8-7-24-12(16-8)17-9(19)6-15/h7,10H,5-6H2,1-4H3,(H,18,21)(H,16,17,19). The molecule has 0 aliphatic heterocycles. The van der Waals surface area contributed by atoms with Crippen LogP contribution in [-0.2, 0) is 19.1 Å². The number of rotatable bonds is 6. The fourth-order valence-corrected chi connectivity index (χ4v) is 2.35. The molecule has 24 heavy (non-hydrogen) atoms. The number of anilines is 1. The minimum atomic E-state index is -1.14. The number of carbonyl (C=O) groups is 3. The van der Waals surface area contributed by atoms with Crippen LogP contribution in [0.5, 0.6) is 0 Å². The summed E-state index contributed by atoms with van der Waals surface area (Å²) in [5, 5.41) is 6.69. The number of hydrogen-bond donors (Lipinski definition) is 2. The number of alkyl carbamates (subject to hydrolysis) is 1. The average molecular weight is 378 g/mol. The molecule has 0 saturated heterocycles. The number of ether oxygens (including phenoxy) is 2. The first-order chi connectivity index (χ1) is 11.2. The Morgan fingerprint density at radius 2 is 2.04 bits per heavy atom. The Kier molecular flexibility index (Phi) is 7.43. The minimum absolute atomic E-state index is 0.144. The normalized spacial score (nSPS) is 12.2. The van der Waals surface area contributed by atoms with Crippen molar-refractivity contribution >= 4 is 46.0 Å². The van der Waals surface area contributed by atoms with Gasteiger partial charge in [-0.2, -0.15) is 0 Å². The first-order valence-electron chi connectivity index (χ1n) is 7.13. The van der Waals surface area contributed by atoms with Gasteiger partial charge >= 0.3 is 12.1 Å². The number of esters is 1. The van der Waals surface area contributed by atoms with E-state index in [1.807, 2.05) is 0 Å². The highest BCUT2D eigenvalue weighted by Crippen LogP contribution is 2.22. The maximum absolute atomic E-state index is 12.1. The molecule has 0 saturated carbocycles. The van der Waals surface area contributed by atoms with Crippen molar-refractivity contribution in [1.29, 1.82) is 0 Å². The summed E-state index contributed by atoms with van der Waals surface area (Å²) in [4.78, 5) is 39.4. The molecule has 1 rings (SSSR count). The van der Waals surface area contributed by atoms with Crippen molar-refractivity contribution in [3.8, 4) is 0 Å². The van der Waals surface area contributed by atoms with Gasteiger partial charge in [-0.25, -0.2) is 14.6 Å². The van der Waals surface area contributed by atoms with Crippen LogP contribution in [0.3, 0.4) is 0 Å². The zero-order valence-corrected chi connectivity index (χ0v) is 15.4. The van der Waals surface area contributed by atoms with Gasteiger partial charge in [0.15, 0.2) is 11.2 Å². The molecular weight excluding hydrogens is 358 g/mol. The topological polar surface area (TPSA) is 107 Å². The molecule has 2 amide bonds. The summed E-state index contributed by atoms with van der Waals surface area (Å²) in [6, 6.07) is -1.14. The van der Waals surface area contributed by atoms with Crippen LogP contribution in [0.2, 0.25) is 0 Å². The number of thiazole rings is 1. The van der Waals surface area contributed by atoms with E-state index in [4.69, 9.17) is 21.1 Å². The monoisotopic (exact) mass is 377 g/mol. The molecule has 10 heteroatoms. The fourth-order valence-electron chi connectivity index (χ4n) is 1.53. The lowest BCUT2D eigenvalue weighted by Crippen LogP contribution is -2.39. The maximum atomic E-state index is 12.1. The molecule has 1 atom stereocenters. The Labute approximate surface area is 148 Å². The molecule has 0 aliphatic rings. The van der Waals surface area contributed by atoms with E-state index in [0.717, 1.165) is 11.3 Å². The second kappa shape index (κ2) is 8.84. The van der Waals surface area contributed by atoms with E-state index in [1.165, 1.54) is 5.38 Å². The number of nitrogens with one attached hydrogen (secondary N) is 2. The van der Waals surface area contributed by atoms with E-state index in [0.29, 0.717) is 0 Å². The van der Waals surface area contributed by atoms with Crippen LogP contribution in [0.25, 0.3) is 0 Å². The molecule has 0 aromatic carbocycles. The van der Waals surface area contributed by atoms with Crippen molar-refractivity contribution in [3.63, 3.8) is 0 Å². The summed E-state index contributed by atoms with van der Waals surface area (Å²) >= 11 is 6.51. The third kappa shape index (κ3) is 6.71. The molecule has 1 unspecified atom stereocenters. The highest BCUT2D eigenvalue weighted by Gasteiger charge is 2.29. The molecule has 0 spiro atoms. The Balaban J connectivity index is 2.92. The van der Waals surface area contributed by atoms with Gasteiger partial charge in [-0.1, -0.05) is 0 Å². The molecule has 0 radical (unpaired) electrons. The lowest BCUT2D eigenvalue weighted by atomic mass is 10.2. The molecule has 1 heterocycles. The largest absolute Gasteiger partial charge is 0.464 e. The Bertz CT molecular complexity index is 599. The zero-order chi connectivity index (χ0) is 18.3. The predicted octanol–water partition coefficient (Wildman–Crippen LogP) is 2.45. The Morgan fingerprint density at radius 3 is 2.58 bits per heavy atom. The highest BCUT2D eigenvalue weighted by atomic mass is 35.5. The Morgan fingerprint density at radius 1 is 1.38 bits per heavy atom. The summed E-state index contributed by atoms with van der Waals surface area (Å²) in [6.07, 6.45) is -0.778. The van der Waals surface area contributed by atoms with Crippen LogP contribution in [0.15, 0.2) is 5.38 Å². The van der Waals surface area contributed by atoms with Crippen LogP contribution in [0, 0.1) is 0 Å². The quantitative estimate of drug-likeness (QED) is 0.582. The van der Waals surface area contributed by atoms with Gasteiger partial charge in [0.25, 0.3) is 0 Å². The molecule has 8 nitrogen and oxygen atoms in total.